The fourth-order valence-corrected chi connectivity index (χ4v) is 4.19. The average Bonchev–Trinajstić information content (AvgIpc) is 2.82. The lowest BCUT2D eigenvalue weighted by Crippen LogP contribution is -2.16. The maximum Gasteiger partial charge on any atom is 0.335 e. The average molecular weight is 340 g/mol. The number of anilines is 1. The molecule has 0 aliphatic carbocycles. The third-order valence-corrected chi connectivity index (χ3v) is 5.31. The second-order valence-corrected chi connectivity index (χ2v) is 7.41. The minimum atomic E-state index is -3.88. The molecule has 2 rings (SSSR count). The van der Waals surface area contributed by atoms with Gasteiger partial charge in [0.25, 0.3) is 10.0 Å². The summed E-state index contributed by atoms with van der Waals surface area (Å²) in [6.07, 6.45) is 0. The Morgan fingerprint density at radius 2 is 2.05 bits per heavy atom. The number of carbonyl (C=O) groups is 1. The summed E-state index contributed by atoms with van der Waals surface area (Å²) >= 11 is 1.15. The van der Waals surface area contributed by atoms with Crippen molar-refractivity contribution < 1.29 is 18.3 Å². The van der Waals surface area contributed by atoms with E-state index in [0.29, 0.717) is 16.9 Å². The van der Waals surface area contributed by atoms with E-state index in [-0.39, 0.29) is 16.4 Å². The summed E-state index contributed by atoms with van der Waals surface area (Å²) in [7, 11) is -3.88. The molecule has 6 nitrogen and oxygen atoms in total. The van der Waals surface area contributed by atoms with Crippen molar-refractivity contribution in [3.05, 3.63) is 40.4 Å². The molecule has 118 valence electrons. The molecule has 0 atom stereocenters. The van der Waals surface area contributed by atoms with Crippen LogP contribution in [0.5, 0.6) is 0 Å². The molecule has 1 aromatic carbocycles. The van der Waals surface area contributed by atoms with Crippen LogP contribution in [-0.2, 0) is 10.0 Å². The second kappa shape index (κ2) is 6.05. The Morgan fingerprint density at radius 3 is 2.55 bits per heavy atom. The summed E-state index contributed by atoms with van der Waals surface area (Å²) in [4.78, 5) is 11.1. The van der Waals surface area contributed by atoms with Crippen LogP contribution < -0.4 is 4.72 Å². The standard InChI is InChI=1S/C14H16N2O4S2/c1-8(2)11-5-4-10(14(17)18)6-13(11)22(19,20)16-12-7-21-15-9(12)3/h4-8,16H,1-3H3,(H,17,18). The molecule has 8 heteroatoms. The smallest absolute Gasteiger partial charge is 0.335 e. The number of carboxylic acids is 1. The molecule has 0 spiro atoms. The normalized spacial score (nSPS) is 11.6. The Balaban J connectivity index is 2.55. The van der Waals surface area contributed by atoms with E-state index < -0.39 is 16.0 Å². The molecule has 0 aliphatic rings. The molecule has 1 aromatic heterocycles. The van der Waals surface area contributed by atoms with E-state index in [9.17, 15) is 13.2 Å². The van der Waals surface area contributed by atoms with Crippen LogP contribution in [0.15, 0.2) is 28.5 Å². The number of sulfonamides is 1. The van der Waals surface area contributed by atoms with Crippen molar-refractivity contribution in [2.24, 2.45) is 0 Å². The number of carboxylic acid groups (broad SMARTS) is 1. The van der Waals surface area contributed by atoms with Gasteiger partial charge < -0.3 is 5.11 Å². The molecule has 2 aromatic rings. The van der Waals surface area contributed by atoms with E-state index in [1.54, 1.807) is 18.4 Å². The number of hydrogen-bond donors (Lipinski definition) is 2. The van der Waals surface area contributed by atoms with E-state index in [4.69, 9.17) is 5.11 Å². The Morgan fingerprint density at radius 1 is 1.36 bits per heavy atom. The number of aromatic nitrogens is 1. The predicted molar refractivity (Wildman–Crippen MR) is 85.1 cm³/mol. The van der Waals surface area contributed by atoms with Crippen LogP contribution in [0.25, 0.3) is 0 Å². The minimum Gasteiger partial charge on any atom is -0.478 e. The maximum atomic E-state index is 12.6. The van der Waals surface area contributed by atoms with Crippen molar-refractivity contribution in [3.8, 4) is 0 Å². The van der Waals surface area contributed by atoms with E-state index >= 15 is 0 Å². The highest BCUT2D eigenvalue weighted by molar-refractivity contribution is 7.92. The van der Waals surface area contributed by atoms with Crippen LogP contribution in [-0.4, -0.2) is 23.9 Å². The maximum absolute atomic E-state index is 12.6. The number of hydrogen-bond acceptors (Lipinski definition) is 5. The van der Waals surface area contributed by atoms with Crippen LogP contribution in [0.2, 0.25) is 0 Å². The van der Waals surface area contributed by atoms with Gasteiger partial charge in [0.1, 0.15) is 0 Å². The van der Waals surface area contributed by atoms with Crippen LogP contribution in [0, 0.1) is 6.92 Å². The predicted octanol–water partition coefficient (Wildman–Crippen LogP) is 3.07. The van der Waals surface area contributed by atoms with E-state index in [1.807, 2.05) is 13.8 Å². The summed E-state index contributed by atoms with van der Waals surface area (Å²) < 4.78 is 31.7. The van der Waals surface area contributed by atoms with E-state index in [0.717, 1.165) is 11.5 Å². The second-order valence-electron chi connectivity index (χ2n) is 5.13. The summed E-state index contributed by atoms with van der Waals surface area (Å²) in [5, 5.41) is 10.7. The summed E-state index contributed by atoms with van der Waals surface area (Å²) in [5.41, 5.74) is 1.48. The van der Waals surface area contributed by atoms with Crippen LogP contribution >= 0.6 is 11.5 Å². The van der Waals surface area contributed by atoms with Gasteiger partial charge >= 0.3 is 5.97 Å². The van der Waals surface area contributed by atoms with Crippen molar-refractivity contribution in [2.75, 3.05) is 4.72 Å². The first-order valence-corrected chi connectivity index (χ1v) is 8.85. The van der Waals surface area contributed by atoms with Gasteiger partial charge in [-0.15, -0.1) is 0 Å². The molecule has 0 radical (unpaired) electrons. The van der Waals surface area contributed by atoms with Crippen molar-refractivity contribution in [1.82, 2.24) is 4.37 Å². The topological polar surface area (TPSA) is 96.4 Å². The third kappa shape index (κ3) is 3.28. The first-order chi connectivity index (χ1) is 10.2. The zero-order valence-corrected chi connectivity index (χ0v) is 14.0. The van der Waals surface area contributed by atoms with Gasteiger partial charge in [0.05, 0.1) is 21.8 Å². The van der Waals surface area contributed by atoms with Gasteiger partial charge in [0.2, 0.25) is 0 Å². The van der Waals surface area contributed by atoms with Gasteiger partial charge in [-0.25, -0.2) is 13.2 Å². The molecule has 0 saturated heterocycles. The third-order valence-electron chi connectivity index (χ3n) is 3.17. The number of rotatable bonds is 5. The molecule has 0 bridgehead atoms. The Bertz CT molecular complexity index is 810. The molecule has 0 aliphatic heterocycles. The summed E-state index contributed by atoms with van der Waals surface area (Å²) in [6, 6.07) is 4.14. The van der Waals surface area contributed by atoms with E-state index in [2.05, 4.69) is 9.10 Å². The Labute approximate surface area is 133 Å². The zero-order chi connectivity index (χ0) is 16.5. The fraction of sp³-hybridized carbons (Fsp3) is 0.286. The quantitative estimate of drug-likeness (QED) is 0.872. The van der Waals surface area contributed by atoms with Crippen LogP contribution in [0.4, 0.5) is 5.69 Å². The summed E-state index contributed by atoms with van der Waals surface area (Å²) in [5.74, 6) is -1.23. The van der Waals surface area contributed by atoms with Gasteiger partial charge in [0, 0.05) is 5.38 Å². The molecular formula is C14H16N2O4S2. The van der Waals surface area contributed by atoms with Crippen molar-refractivity contribution in [1.29, 1.82) is 0 Å². The van der Waals surface area contributed by atoms with Crippen molar-refractivity contribution in [3.63, 3.8) is 0 Å². The van der Waals surface area contributed by atoms with Crippen LogP contribution in [0.3, 0.4) is 0 Å². The molecular weight excluding hydrogens is 324 g/mol. The number of aromatic carboxylic acids is 1. The number of nitrogens with one attached hydrogen (secondary N) is 1. The van der Waals surface area contributed by atoms with Gasteiger partial charge in [-0.1, -0.05) is 19.9 Å². The molecule has 0 saturated carbocycles. The molecule has 0 fully saturated rings. The lowest BCUT2D eigenvalue weighted by atomic mass is 10.0. The van der Waals surface area contributed by atoms with Crippen molar-refractivity contribution in [2.45, 2.75) is 31.6 Å². The largest absolute Gasteiger partial charge is 0.478 e. The highest BCUT2D eigenvalue weighted by Gasteiger charge is 2.23. The Hall–Kier alpha value is -1.93. The van der Waals surface area contributed by atoms with Gasteiger partial charge in [0.15, 0.2) is 0 Å². The number of aryl methyl sites for hydroxylation is 1. The van der Waals surface area contributed by atoms with Crippen LogP contribution in [0.1, 0.15) is 41.4 Å². The number of nitrogens with zero attached hydrogens (tertiary/aromatic N) is 1. The zero-order valence-electron chi connectivity index (χ0n) is 12.3. The summed E-state index contributed by atoms with van der Waals surface area (Å²) in [6.45, 7) is 5.41. The lowest BCUT2D eigenvalue weighted by Gasteiger charge is -2.15. The fourth-order valence-electron chi connectivity index (χ4n) is 1.97. The Kier molecular flexibility index (Phi) is 4.52. The highest BCUT2D eigenvalue weighted by atomic mass is 32.2. The first-order valence-electron chi connectivity index (χ1n) is 6.53. The van der Waals surface area contributed by atoms with Crippen molar-refractivity contribution >= 4 is 33.2 Å². The van der Waals surface area contributed by atoms with Gasteiger partial charge in [-0.05, 0) is 42.1 Å². The molecule has 0 unspecified atom stereocenters. The molecule has 1 heterocycles. The lowest BCUT2D eigenvalue weighted by molar-refractivity contribution is 0.0696. The van der Waals surface area contributed by atoms with Gasteiger partial charge in [-0.2, -0.15) is 4.37 Å². The van der Waals surface area contributed by atoms with Gasteiger partial charge in [-0.3, -0.25) is 4.72 Å². The molecule has 0 amide bonds. The SMILES string of the molecule is Cc1nscc1NS(=O)(=O)c1cc(C(=O)O)ccc1C(C)C. The molecule has 2 N–H and O–H groups in total. The monoisotopic (exact) mass is 340 g/mol. The number of benzene rings is 1. The first kappa shape index (κ1) is 16.4. The minimum absolute atomic E-state index is 0.0204. The highest BCUT2D eigenvalue weighted by Crippen LogP contribution is 2.28. The van der Waals surface area contributed by atoms with E-state index in [1.165, 1.54) is 12.1 Å². The molecule has 22 heavy (non-hydrogen) atoms.